The highest BCUT2D eigenvalue weighted by molar-refractivity contribution is 14.1. The minimum Gasteiger partial charge on any atom is -0.313 e. The van der Waals surface area contributed by atoms with Gasteiger partial charge in [-0.05, 0) is 72.7 Å². The highest BCUT2D eigenvalue weighted by Gasteiger charge is 2.12. The maximum Gasteiger partial charge on any atom is 0.0328 e. The van der Waals surface area contributed by atoms with Gasteiger partial charge in [0.25, 0.3) is 0 Å². The molecular weight excluding hydrogens is 401 g/mol. The number of rotatable bonds is 8. The van der Waals surface area contributed by atoms with Gasteiger partial charge in [0.1, 0.15) is 0 Å². The minimum absolute atomic E-state index is 0.457. The summed E-state index contributed by atoms with van der Waals surface area (Å²) < 4.78 is 2.49. The van der Waals surface area contributed by atoms with E-state index >= 15 is 0 Å². The zero-order valence-electron chi connectivity index (χ0n) is 10.9. The van der Waals surface area contributed by atoms with Crippen molar-refractivity contribution in [3.05, 3.63) is 44.5 Å². The fraction of sp³-hybridized carbons (Fsp3) is 0.467. The van der Waals surface area contributed by atoms with E-state index in [1.807, 2.05) is 13.1 Å². The Balaban J connectivity index is 2.54. The van der Waals surface area contributed by atoms with Crippen molar-refractivity contribution in [2.75, 3.05) is 7.05 Å². The summed E-state index contributed by atoms with van der Waals surface area (Å²) in [6.07, 6.45) is 8.15. The van der Waals surface area contributed by atoms with Gasteiger partial charge >= 0.3 is 0 Å². The predicted molar refractivity (Wildman–Crippen MR) is 91.9 cm³/mol. The molecule has 0 aliphatic heterocycles. The molecule has 1 atom stereocenters. The maximum atomic E-state index is 3.76. The van der Waals surface area contributed by atoms with Crippen molar-refractivity contribution in [1.29, 1.82) is 0 Å². The van der Waals surface area contributed by atoms with E-state index < -0.39 is 0 Å². The summed E-state index contributed by atoms with van der Waals surface area (Å²) in [4.78, 5) is 0. The van der Waals surface area contributed by atoms with Crippen molar-refractivity contribution < 1.29 is 0 Å². The van der Waals surface area contributed by atoms with E-state index in [1.54, 1.807) is 0 Å². The molecule has 18 heavy (non-hydrogen) atoms. The molecule has 0 spiro atoms. The quantitative estimate of drug-likeness (QED) is 0.334. The number of unbranched alkanes of at least 4 members (excludes halogenated alkanes) is 3. The Morgan fingerprint density at radius 1 is 1.39 bits per heavy atom. The summed E-state index contributed by atoms with van der Waals surface area (Å²) in [5, 5.41) is 3.43. The van der Waals surface area contributed by atoms with Crippen LogP contribution in [0.3, 0.4) is 0 Å². The largest absolute Gasteiger partial charge is 0.313 e. The molecule has 100 valence electrons. The second-order valence-electron chi connectivity index (χ2n) is 4.43. The minimum atomic E-state index is 0.457. The fourth-order valence-electron chi connectivity index (χ4n) is 2.05. The van der Waals surface area contributed by atoms with Crippen LogP contribution in [-0.4, -0.2) is 7.05 Å². The molecule has 1 rings (SSSR count). The predicted octanol–water partition coefficient (Wildman–Crippen LogP) is 5.45. The van der Waals surface area contributed by atoms with Crippen LogP contribution in [0.2, 0.25) is 0 Å². The molecule has 0 fully saturated rings. The van der Waals surface area contributed by atoms with E-state index in [1.165, 1.54) is 34.8 Å². The van der Waals surface area contributed by atoms with E-state index in [0.29, 0.717) is 6.04 Å². The van der Waals surface area contributed by atoms with E-state index in [2.05, 4.69) is 68.6 Å². The lowest BCUT2D eigenvalue weighted by Gasteiger charge is -2.18. The van der Waals surface area contributed by atoms with Crippen LogP contribution in [0.5, 0.6) is 0 Å². The molecule has 0 aliphatic rings. The average Bonchev–Trinajstić information content (AvgIpc) is 2.37. The molecule has 0 bridgehead atoms. The highest BCUT2D eigenvalue weighted by Crippen LogP contribution is 2.27. The van der Waals surface area contributed by atoms with Gasteiger partial charge in [-0.15, -0.1) is 6.58 Å². The van der Waals surface area contributed by atoms with Gasteiger partial charge in [0, 0.05) is 14.1 Å². The molecule has 1 aromatic carbocycles. The molecule has 0 aliphatic carbocycles. The molecule has 0 aromatic heterocycles. The van der Waals surface area contributed by atoms with Crippen molar-refractivity contribution in [2.24, 2.45) is 0 Å². The van der Waals surface area contributed by atoms with Crippen LogP contribution < -0.4 is 5.32 Å². The number of allylic oxidation sites excluding steroid dienone is 1. The second-order valence-corrected chi connectivity index (χ2v) is 6.51. The lowest BCUT2D eigenvalue weighted by molar-refractivity contribution is 0.506. The van der Waals surface area contributed by atoms with E-state index in [-0.39, 0.29) is 0 Å². The van der Waals surface area contributed by atoms with E-state index in [4.69, 9.17) is 0 Å². The van der Waals surface area contributed by atoms with Gasteiger partial charge in [-0.3, -0.25) is 0 Å². The molecule has 0 saturated heterocycles. The Bertz CT molecular complexity index is 379. The summed E-state index contributed by atoms with van der Waals surface area (Å²) in [6, 6.07) is 6.95. The standard InChI is InChI=1S/C15H21BrIN/c1-3-4-5-6-7-8-15(18-2)13-11-12(16)9-10-14(13)17/h3,9-11,15,18H,1,4-8H2,2H3. The van der Waals surface area contributed by atoms with Crippen LogP contribution in [-0.2, 0) is 0 Å². The third-order valence-corrected chi connectivity index (χ3v) is 4.56. The summed E-state index contributed by atoms with van der Waals surface area (Å²) in [5.41, 5.74) is 1.40. The lowest BCUT2D eigenvalue weighted by Crippen LogP contribution is -2.17. The molecule has 0 saturated carbocycles. The molecule has 1 aromatic rings. The molecule has 1 N–H and O–H groups in total. The van der Waals surface area contributed by atoms with Crippen molar-refractivity contribution in [1.82, 2.24) is 5.32 Å². The number of halogens is 2. The molecule has 0 radical (unpaired) electrons. The normalized spacial score (nSPS) is 12.4. The third kappa shape index (κ3) is 5.41. The van der Waals surface area contributed by atoms with Crippen LogP contribution >= 0.6 is 38.5 Å². The van der Waals surface area contributed by atoms with Crippen molar-refractivity contribution >= 4 is 38.5 Å². The highest BCUT2D eigenvalue weighted by atomic mass is 127. The zero-order valence-corrected chi connectivity index (χ0v) is 14.6. The Labute approximate surface area is 133 Å². The zero-order chi connectivity index (χ0) is 13.4. The van der Waals surface area contributed by atoms with Crippen LogP contribution in [0.25, 0.3) is 0 Å². The molecule has 0 heterocycles. The topological polar surface area (TPSA) is 12.0 Å². The Morgan fingerprint density at radius 3 is 2.83 bits per heavy atom. The Morgan fingerprint density at radius 2 is 2.17 bits per heavy atom. The Kier molecular flexibility index (Phi) is 8.18. The van der Waals surface area contributed by atoms with Crippen molar-refractivity contribution in [2.45, 2.75) is 38.1 Å². The summed E-state index contributed by atoms with van der Waals surface area (Å²) in [7, 11) is 2.05. The first-order valence-corrected chi connectivity index (χ1v) is 8.29. The lowest BCUT2D eigenvalue weighted by atomic mass is 10.0. The van der Waals surface area contributed by atoms with Gasteiger partial charge in [0.2, 0.25) is 0 Å². The van der Waals surface area contributed by atoms with Gasteiger partial charge in [-0.1, -0.05) is 34.8 Å². The van der Waals surface area contributed by atoms with Gasteiger partial charge in [0.15, 0.2) is 0 Å². The number of hydrogen-bond acceptors (Lipinski definition) is 1. The van der Waals surface area contributed by atoms with Crippen molar-refractivity contribution in [3.8, 4) is 0 Å². The molecular formula is C15H21BrIN. The average molecular weight is 422 g/mol. The van der Waals surface area contributed by atoms with E-state index in [0.717, 1.165) is 10.9 Å². The maximum absolute atomic E-state index is 3.76. The van der Waals surface area contributed by atoms with Crippen LogP contribution in [0.4, 0.5) is 0 Å². The first-order valence-electron chi connectivity index (χ1n) is 6.42. The van der Waals surface area contributed by atoms with Gasteiger partial charge < -0.3 is 5.32 Å². The molecule has 3 heteroatoms. The van der Waals surface area contributed by atoms with Crippen LogP contribution in [0, 0.1) is 3.57 Å². The molecule has 1 nitrogen and oxygen atoms in total. The van der Waals surface area contributed by atoms with Gasteiger partial charge in [0.05, 0.1) is 0 Å². The van der Waals surface area contributed by atoms with Crippen LogP contribution in [0.1, 0.15) is 43.7 Å². The van der Waals surface area contributed by atoms with E-state index in [9.17, 15) is 0 Å². The monoisotopic (exact) mass is 421 g/mol. The van der Waals surface area contributed by atoms with Gasteiger partial charge in [-0.2, -0.15) is 0 Å². The number of nitrogens with one attached hydrogen (secondary N) is 1. The summed E-state index contributed by atoms with van der Waals surface area (Å²) >= 11 is 5.97. The third-order valence-electron chi connectivity index (χ3n) is 3.08. The second kappa shape index (κ2) is 9.10. The van der Waals surface area contributed by atoms with Crippen LogP contribution in [0.15, 0.2) is 35.3 Å². The summed E-state index contributed by atoms with van der Waals surface area (Å²) in [6.45, 7) is 3.76. The first-order chi connectivity index (χ1) is 8.69. The van der Waals surface area contributed by atoms with Crippen molar-refractivity contribution in [3.63, 3.8) is 0 Å². The first kappa shape index (κ1) is 16.2. The molecule has 0 amide bonds. The smallest absolute Gasteiger partial charge is 0.0328 e. The SMILES string of the molecule is C=CCCCCCC(NC)c1cc(Br)ccc1I. The van der Waals surface area contributed by atoms with Gasteiger partial charge in [-0.25, -0.2) is 0 Å². The summed E-state index contributed by atoms with van der Waals surface area (Å²) in [5.74, 6) is 0. The number of benzene rings is 1. The molecule has 1 unspecified atom stereocenters. The Hall–Kier alpha value is 0.130. The fourth-order valence-corrected chi connectivity index (χ4v) is 3.14. The number of hydrogen-bond donors (Lipinski definition) is 1.